The summed E-state index contributed by atoms with van der Waals surface area (Å²) in [4.78, 5) is 0.336. The van der Waals surface area contributed by atoms with Crippen molar-refractivity contribution >= 4 is 34.1 Å². The van der Waals surface area contributed by atoms with E-state index in [2.05, 4.69) is 10.6 Å². The highest BCUT2D eigenvalue weighted by Crippen LogP contribution is 2.23. The van der Waals surface area contributed by atoms with E-state index in [0.717, 1.165) is 5.69 Å². The molecule has 0 fully saturated rings. The fraction of sp³-hybridized carbons (Fsp3) is 0.0714. The average Bonchev–Trinajstić information content (AvgIpc) is 2.49. The Kier molecular flexibility index (Phi) is 5.26. The Morgan fingerprint density at radius 2 is 1.62 bits per heavy atom. The molecule has 5 nitrogen and oxygen atoms in total. The first-order chi connectivity index (χ1) is 10.1. The molecule has 0 aliphatic carbocycles. The molecule has 0 aliphatic rings. The van der Waals surface area contributed by atoms with E-state index in [-0.39, 0.29) is 0 Å². The summed E-state index contributed by atoms with van der Waals surface area (Å²) >= 11 is 3.03. The molecule has 0 amide bonds. The summed E-state index contributed by atoms with van der Waals surface area (Å²) in [5.41, 5.74) is 0.854. The fourth-order valence-electron chi connectivity index (χ4n) is 1.56. The fourth-order valence-corrected chi connectivity index (χ4v) is 2.05. The summed E-state index contributed by atoms with van der Waals surface area (Å²) in [6, 6.07) is 13.7. The second-order valence-corrected chi connectivity index (χ2v) is 5.43. The van der Waals surface area contributed by atoms with Crippen LogP contribution in [0.3, 0.4) is 0 Å². The molecule has 0 aliphatic heterocycles. The summed E-state index contributed by atoms with van der Waals surface area (Å²) in [6.45, 7) is 0. The van der Waals surface area contributed by atoms with Gasteiger partial charge in [-0.25, -0.2) is 4.21 Å². The maximum absolute atomic E-state index is 10.9. The molecule has 3 N–H and O–H groups in total. The molecule has 7 heteroatoms. The van der Waals surface area contributed by atoms with Crippen LogP contribution in [0.15, 0.2) is 53.4 Å². The van der Waals surface area contributed by atoms with E-state index >= 15 is 0 Å². The van der Waals surface area contributed by atoms with Crippen LogP contribution in [0, 0.1) is 0 Å². The number of ether oxygens (including phenoxy) is 1. The largest absolute Gasteiger partial charge is 0.457 e. The van der Waals surface area contributed by atoms with Crippen LogP contribution in [-0.4, -0.2) is 20.9 Å². The minimum atomic E-state index is -1.98. The number of nitrogens with one attached hydrogen (secondary N) is 2. The lowest BCUT2D eigenvalue weighted by Gasteiger charge is -2.09. The Morgan fingerprint density at radius 1 is 1.10 bits per heavy atom. The molecule has 21 heavy (non-hydrogen) atoms. The van der Waals surface area contributed by atoms with Crippen molar-refractivity contribution in [1.82, 2.24) is 5.32 Å². The Bertz CT molecular complexity index is 642. The zero-order valence-corrected chi connectivity index (χ0v) is 12.8. The van der Waals surface area contributed by atoms with Gasteiger partial charge in [-0.3, -0.25) is 0 Å². The molecular formula is C14H14N2O3S2. The third-order valence-corrected chi connectivity index (χ3v) is 3.58. The summed E-state index contributed by atoms with van der Waals surface area (Å²) in [5.74, 6) is 1.25. The average molecular weight is 322 g/mol. The van der Waals surface area contributed by atoms with Gasteiger partial charge in [0.15, 0.2) is 16.2 Å². The molecule has 2 rings (SSSR count). The quantitative estimate of drug-likeness (QED) is 0.594. The topological polar surface area (TPSA) is 70.6 Å². The number of anilines is 1. The van der Waals surface area contributed by atoms with Crippen molar-refractivity contribution < 1.29 is 13.5 Å². The molecule has 2 aromatic carbocycles. The van der Waals surface area contributed by atoms with E-state index in [1.165, 1.54) is 0 Å². The highest BCUT2D eigenvalue weighted by molar-refractivity contribution is 7.80. The SMILES string of the molecule is CNC(=S)Nc1ccc(Oc2ccc(S(=O)O)cc2)cc1. The zero-order chi connectivity index (χ0) is 15.2. The third-order valence-electron chi connectivity index (χ3n) is 2.60. The molecular weight excluding hydrogens is 308 g/mol. The van der Waals surface area contributed by atoms with Gasteiger partial charge < -0.3 is 19.9 Å². The van der Waals surface area contributed by atoms with Gasteiger partial charge >= 0.3 is 0 Å². The van der Waals surface area contributed by atoms with Crippen LogP contribution in [0.2, 0.25) is 0 Å². The first-order valence-electron chi connectivity index (χ1n) is 6.06. The zero-order valence-electron chi connectivity index (χ0n) is 11.2. The van der Waals surface area contributed by atoms with Crippen LogP contribution >= 0.6 is 12.2 Å². The van der Waals surface area contributed by atoms with Crippen LogP contribution in [0.1, 0.15) is 0 Å². The van der Waals surface area contributed by atoms with Crippen molar-refractivity contribution in [1.29, 1.82) is 0 Å². The molecule has 0 radical (unpaired) electrons. The summed E-state index contributed by atoms with van der Waals surface area (Å²) in [5, 5.41) is 6.37. The van der Waals surface area contributed by atoms with Gasteiger partial charge in [-0.15, -0.1) is 0 Å². The van der Waals surface area contributed by atoms with Crippen LogP contribution in [0.25, 0.3) is 0 Å². The molecule has 1 atom stereocenters. The van der Waals surface area contributed by atoms with E-state index in [4.69, 9.17) is 21.5 Å². The van der Waals surface area contributed by atoms with Gasteiger partial charge in [0.2, 0.25) is 0 Å². The maximum atomic E-state index is 10.9. The smallest absolute Gasteiger partial charge is 0.186 e. The lowest BCUT2D eigenvalue weighted by Crippen LogP contribution is -2.23. The summed E-state index contributed by atoms with van der Waals surface area (Å²) < 4.78 is 25.4. The van der Waals surface area contributed by atoms with Crippen molar-refractivity contribution in [2.24, 2.45) is 0 Å². The second kappa shape index (κ2) is 7.16. The molecule has 2 aromatic rings. The van der Waals surface area contributed by atoms with E-state index < -0.39 is 11.1 Å². The van der Waals surface area contributed by atoms with Crippen LogP contribution in [0.4, 0.5) is 5.69 Å². The van der Waals surface area contributed by atoms with Gasteiger partial charge in [-0.1, -0.05) is 0 Å². The standard InChI is InChI=1S/C14H14N2O3S2/c1-15-14(20)16-10-2-4-11(5-3-10)19-12-6-8-13(9-7-12)21(17)18/h2-9H,1H3,(H,17,18)(H2,15,16,20). The Morgan fingerprint density at radius 3 is 2.10 bits per heavy atom. The summed E-state index contributed by atoms with van der Waals surface area (Å²) in [6.07, 6.45) is 0. The molecule has 110 valence electrons. The van der Waals surface area contributed by atoms with Gasteiger partial charge in [0.1, 0.15) is 11.5 Å². The Labute approximate surface area is 130 Å². The number of rotatable bonds is 4. The number of hydrogen-bond acceptors (Lipinski definition) is 3. The molecule has 0 spiro atoms. The van der Waals surface area contributed by atoms with Crippen molar-refractivity contribution in [2.45, 2.75) is 4.90 Å². The Hall–Kier alpha value is -1.96. The van der Waals surface area contributed by atoms with Gasteiger partial charge in [0, 0.05) is 12.7 Å². The van der Waals surface area contributed by atoms with Crippen molar-refractivity contribution in [3.05, 3.63) is 48.5 Å². The van der Waals surface area contributed by atoms with Gasteiger partial charge in [0.25, 0.3) is 0 Å². The van der Waals surface area contributed by atoms with Crippen molar-refractivity contribution in [2.75, 3.05) is 12.4 Å². The van der Waals surface area contributed by atoms with E-state index in [0.29, 0.717) is 21.5 Å². The van der Waals surface area contributed by atoms with E-state index in [1.807, 2.05) is 12.1 Å². The first-order valence-corrected chi connectivity index (χ1v) is 7.57. The number of benzene rings is 2. The van der Waals surface area contributed by atoms with Crippen molar-refractivity contribution in [3.8, 4) is 11.5 Å². The van der Waals surface area contributed by atoms with E-state index in [1.54, 1.807) is 43.4 Å². The van der Waals surface area contributed by atoms with E-state index in [9.17, 15) is 4.21 Å². The lowest BCUT2D eigenvalue weighted by molar-refractivity contribution is 0.482. The molecule has 0 heterocycles. The lowest BCUT2D eigenvalue weighted by atomic mass is 10.3. The van der Waals surface area contributed by atoms with Gasteiger partial charge in [-0.05, 0) is 60.7 Å². The second-order valence-electron chi connectivity index (χ2n) is 4.05. The highest BCUT2D eigenvalue weighted by Gasteiger charge is 2.02. The molecule has 0 saturated heterocycles. The monoisotopic (exact) mass is 322 g/mol. The molecule has 0 aromatic heterocycles. The number of thiocarbonyl (C=S) groups is 1. The van der Waals surface area contributed by atoms with Crippen molar-refractivity contribution in [3.63, 3.8) is 0 Å². The van der Waals surface area contributed by atoms with Gasteiger partial charge in [-0.2, -0.15) is 0 Å². The first kappa shape index (κ1) is 15.4. The van der Waals surface area contributed by atoms with Crippen LogP contribution in [-0.2, 0) is 11.1 Å². The minimum Gasteiger partial charge on any atom is -0.457 e. The minimum absolute atomic E-state index is 0.336. The molecule has 0 saturated carbocycles. The summed E-state index contributed by atoms with van der Waals surface area (Å²) in [7, 11) is 1.75. The number of hydrogen-bond donors (Lipinski definition) is 3. The third kappa shape index (κ3) is 4.52. The predicted molar refractivity (Wildman–Crippen MR) is 87.3 cm³/mol. The molecule has 0 bridgehead atoms. The maximum Gasteiger partial charge on any atom is 0.186 e. The highest BCUT2D eigenvalue weighted by atomic mass is 32.2. The molecule has 1 unspecified atom stereocenters. The Balaban J connectivity index is 2.02. The normalized spacial score (nSPS) is 11.5. The van der Waals surface area contributed by atoms with Gasteiger partial charge in [0.05, 0.1) is 4.90 Å². The predicted octanol–water partition coefficient (Wildman–Crippen LogP) is 2.98. The van der Waals surface area contributed by atoms with Crippen LogP contribution in [0.5, 0.6) is 11.5 Å². The van der Waals surface area contributed by atoms with Crippen LogP contribution < -0.4 is 15.4 Å².